The Labute approximate surface area is 105 Å². The summed E-state index contributed by atoms with van der Waals surface area (Å²) in [5, 5.41) is 12.4. The van der Waals surface area contributed by atoms with Crippen molar-refractivity contribution in [2.75, 3.05) is 24.6 Å². The van der Waals surface area contributed by atoms with Crippen molar-refractivity contribution in [3.8, 4) is 0 Å². The summed E-state index contributed by atoms with van der Waals surface area (Å²) in [5.41, 5.74) is -1.01. The van der Waals surface area contributed by atoms with Crippen LogP contribution < -0.4 is 5.32 Å². The van der Waals surface area contributed by atoms with E-state index in [0.717, 1.165) is 24.5 Å². The minimum atomic E-state index is -1.01. The van der Waals surface area contributed by atoms with E-state index in [0.29, 0.717) is 13.0 Å². The number of nitrogens with zero attached hydrogens (tertiary/aromatic N) is 1. The van der Waals surface area contributed by atoms with Gasteiger partial charge in [-0.3, -0.25) is 4.79 Å². The molecule has 17 heavy (non-hydrogen) atoms. The highest BCUT2D eigenvalue weighted by Crippen LogP contribution is 2.30. The van der Waals surface area contributed by atoms with Gasteiger partial charge in [-0.15, -0.1) is 0 Å². The first kappa shape index (κ1) is 12.7. The topological polar surface area (TPSA) is 69.6 Å². The first-order valence-corrected chi connectivity index (χ1v) is 7.07. The molecule has 2 aliphatic rings. The predicted octanol–water partition coefficient (Wildman–Crippen LogP) is 0.157. The third-order valence-corrected chi connectivity index (χ3v) is 4.65. The molecule has 2 unspecified atom stereocenters. The standard InChI is InChI=1S/C11H18N2O3S/c1-11(10(15)16)3-2-5-13(11)9(14)8-7-17-6-4-12-8/h8,12H,2-7H2,1H3,(H,15,16). The summed E-state index contributed by atoms with van der Waals surface area (Å²) in [5.74, 6) is 0.803. The van der Waals surface area contributed by atoms with E-state index in [1.54, 1.807) is 23.6 Å². The zero-order valence-electron chi connectivity index (χ0n) is 9.94. The van der Waals surface area contributed by atoms with Crippen molar-refractivity contribution < 1.29 is 14.7 Å². The van der Waals surface area contributed by atoms with Crippen LogP contribution in [0.2, 0.25) is 0 Å². The SMILES string of the molecule is CC1(C(=O)O)CCCN1C(=O)C1CSCCN1. The van der Waals surface area contributed by atoms with Gasteiger partial charge in [0.25, 0.3) is 0 Å². The highest BCUT2D eigenvalue weighted by molar-refractivity contribution is 7.99. The maximum Gasteiger partial charge on any atom is 0.329 e. The molecule has 2 aliphatic heterocycles. The van der Waals surface area contributed by atoms with Crippen LogP contribution in [0.1, 0.15) is 19.8 Å². The highest BCUT2D eigenvalue weighted by Gasteiger charge is 2.47. The van der Waals surface area contributed by atoms with E-state index < -0.39 is 11.5 Å². The number of carbonyl (C=O) groups is 2. The number of hydrogen-bond acceptors (Lipinski definition) is 4. The molecule has 2 rings (SSSR count). The molecule has 6 heteroatoms. The number of rotatable bonds is 2. The summed E-state index contributed by atoms with van der Waals surface area (Å²) in [6.45, 7) is 3.03. The molecule has 0 aromatic heterocycles. The fraction of sp³-hybridized carbons (Fsp3) is 0.818. The number of nitrogens with one attached hydrogen (secondary N) is 1. The molecule has 0 aromatic rings. The number of carboxylic acid groups (broad SMARTS) is 1. The summed E-state index contributed by atoms with van der Waals surface area (Å²) in [6, 6.07) is -0.217. The van der Waals surface area contributed by atoms with Crippen molar-refractivity contribution in [1.82, 2.24) is 10.2 Å². The van der Waals surface area contributed by atoms with Gasteiger partial charge in [-0.2, -0.15) is 11.8 Å². The Morgan fingerprint density at radius 2 is 2.29 bits per heavy atom. The molecule has 1 amide bonds. The second-order valence-corrected chi connectivity index (χ2v) is 5.90. The van der Waals surface area contributed by atoms with Crippen LogP contribution >= 0.6 is 11.8 Å². The lowest BCUT2D eigenvalue weighted by molar-refractivity contribution is -0.155. The van der Waals surface area contributed by atoms with E-state index in [2.05, 4.69) is 5.32 Å². The summed E-state index contributed by atoms with van der Waals surface area (Å²) in [6.07, 6.45) is 1.32. The average Bonchev–Trinajstić information content (AvgIpc) is 2.73. The highest BCUT2D eigenvalue weighted by atomic mass is 32.2. The lowest BCUT2D eigenvalue weighted by atomic mass is 9.99. The van der Waals surface area contributed by atoms with Crippen molar-refractivity contribution in [3.05, 3.63) is 0 Å². The minimum Gasteiger partial charge on any atom is -0.480 e. The third-order valence-electron chi connectivity index (χ3n) is 3.59. The zero-order chi connectivity index (χ0) is 12.5. The number of carboxylic acids is 1. The number of amides is 1. The van der Waals surface area contributed by atoms with Crippen LogP contribution in [0.25, 0.3) is 0 Å². The third kappa shape index (κ3) is 2.28. The van der Waals surface area contributed by atoms with E-state index in [-0.39, 0.29) is 11.9 Å². The molecule has 2 atom stereocenters. The van der Waals surface area contributed by atoms with Gasteiger partial charge in [0.15, 0.2) is 0 Å². The number of thioether (sulfide) groups is 1. The summed E-state index contributed by atoms with van der Waals surface area (Å²) in [4.78, 5) is 25.1. The van der Waals surface area contributed by atoms with Gasteiger partial charge in [-0.1, -0.05) is 0 Å². The Morgan fingerprint density at radius 3 is 2.88 bits per heavy atom. The van der Waals surface area contributed by atoms with Crippen molar-refractivity contribution >= 4 is 23.6 Å². The maximum atomic E-state index is 12.3. The maximum absolute atomic E-state index is 12.3. The van der Waals surface area contributed by atoms with Crippen LogP contribution in [-0.2, 0) is 9.59 Å². The predicted molar refractivity (Wildman–Crippen MR) is 66.1 cm³/mol. The smallest absolute Gasteiger partial charge is 0.329 e. The Hall–Kier alpha value is -0.750. The van der Waals surface area contributed by atoms with Gasteiger partial charge in [-0.05, 0) is 19.8 Å². The van der Waals surface area contributed by atoms with Gasteiger partial charge >= 0.3 is 5.97 Å². The molecule has 0 aliphatic carbocycles. The van der Waals surface area contributed by atoms with Crippen LogP contribution in [0.3, 0.4) is 0 Å². The Morgan fingerprint density at radius 1 is 1.53 bits per heavy atom. The molecule has 5 nitrogen and oxygen atoms in total. The van der Waals surface area contributed by atoms with Gasteiger partial charge < -0.3 is 15.3 Å². The van der Waals surface area contributed by atoms with Gasteiger partial charge in [0.05, 0.1) is 6.04 Å². The van der Waals surface area contributed by atoms with Gasteiger partial charge in [0, 0.05) is 24.6 Å². The van der Waals surface area contributed by atoms with Crippen molar-refractivity contribution in [1.29, 1.82) is 0 Å². The van der Waals surface area contributed by atoms with E-state index in [9.17, 15) is 14.7 Å². The molecule has 0 spiro atoms. The van der Waals surface area contributed by atoms with Gasteiger partial charge in [0.2, 0.25) is 5.91 Å². The fourth-order valence-electron chi connectivity index (χ4n) is 2.45. The monoisotopic (exact) mass is 258 g/mol. The van der Waals surface area contributed by atoms with Crippen molar-refractivity contribution in [3.63, 3.8) is 0 Å². The minimum absolute atomic E-state index is 0.0559. The largest absolute Gasteiger partial charge is 0.480 e. The van der Waals surface area contributed by atoms with E-state index in [4.69, 9.17) is 0 Å². The molecule has 96 valence electrons. The Kier molecular flexibility index (Phi) is 3.63. The van der Waals surface area contributed by atoms with Crippen LogP contribution in [0.4, 0.5) is 0 Å². The number of carbonyl (C=O) groups excluding carboxylic acids is 1. The lowest BCUT2D eigenvalue weighted by Crippen LogP contribution is -2.58. The number of aliphatic carboxylic acids is 1. The van der Waals surface area contributed by atoms with Crippen LogP contribution in [-0.4, -0.2) is 58.1 Å². The molecular weight excluding hydrogens is 240 g/mol. The van der Waals surface area contributed by atoms with E-state index >= 15 is 0 Å². The van der Waals surface area contributed by atoms with Crippen LogP contribution in [0, 0.1) is 0 Å². The first-order valence-electron chi connectivity index (χ1n) is 5.92. The Bertz CT molecular complexity index is 331. The average molecular weight is 258 g/mol. The molecule has 0 aromatic carbocycles. The number of likely N-dealkylation sites (tertiary alicyclic amines) is 1. The normalized spacial score (nSPS) is 33.7. The summed E-state index contributed by atoms with van der Waals surface area (Å²) >= 11 is 1.74. The van der Waals surface area contributed by atoms with Crippen LogP contribution in [0.5, 0.6) is 0 Å². The van der Waals surface area contributed by atoms with Gasteiger partial charge in [0.1, 0.15) is 5.54 Å². The second-order valence-electron chi connectivity index (χ2n) is 4.75. The first-order chi connectivity index (χ1) is 8.05. The molecule has 2 saturated heterocycles. The van der Waals surface area contributed by atoms with Crippen molar-refractivity contribution in [2.45, 2.75) is 31.3 Å². The molecule has 2 fully saturated rings. The number of hydrogen-bond donors (Lipinski definition) is 2. The molecule has 2 N–H and O–H groups in total. The molecule has 0 bridgehead atoms. The molecule has 0 radical (unpaired) electrons. The molecule has 0 saturated carbocycles. The van der Waals surface area contributed by atoms with E-state index in [1.807, 2.05) is 0 Å². The fourth-order valence-corrected chi connectivity index (χ4v) is 3.38. The van der Waals surface area contributed by atoms with Crippen LogP contribution in [0.15, 0.2) is 0 Å². The zero-order valence-corrected chi connectivity index (χ0v) is 10.8. The summed E-state index contributed by atoms with van der Waals surface area (Å²) < 4.78 is 0. The van der Waals surface area contributed by atoms with E-state index in [1.165, 1.54) is 0 Å². The second kappa shape index (κ2) is 4.86. The van der Waals surface area contributed by atoms with Gasteiger partial charge in [-0.25, -0.2) is 4.79 Å². The Balaban J connectivity index is 2.10. The molecule has 2 heterocycles. The molecular formula is C11H18N2O3S. The quantitative estimate of drug-likeness (QED) is 0.738. The van der Waals surface area contributed by atoms with Crippen molar-refractivity contribution in [2.24, 2.45) is 0 Å². The lowest BCUT2D eigenvalue weighted by Gasteiger charge is -2.35. The summed E-state index contributed by atoms with van der Waals surface area (Å²) in [7, 11) is 0.